The summed E-state index contributed by atoms with van der Waals surface area (Å²) in [4.78, 5) is 18.7. The summed E-state index contributed by atoms with van der Waals surface area (Å²) in [6, 6.07) is 16.6. The van der Waals surface area contributed by atoms with Gasteiger partial charge in [-0.25, -0.2) is 9.07 Å². The molecule has 3 heterocycles. The molecule has 5 aromatic rings. The first-order chi connectivity index (χ1) is 18.2. The van der Waals surface area contributed by atoms with Crippen molar-refractivity contribution in [1.82, 2.24) is 30.1 Å². The van der Waals surface area contributed by atoms with E-state index in [0.717, 1.165) is 10.9 Å². The van der Waals surface area contributed by atoms with Crippen molar-refractivity contribution in [2.75, 3.05) is 7.11 Å². The number of hydrogen-bond acceptors (Lipinski definition) is 7. The van der Waals surface area contributed by atoms with E-state index in [4.69, 9.17) is 9.15 Å². The summed E-state index contributed by atoms with van der Waals surface area (Å²) in [7, 11) is 1.60. The van der Waals surface area contributed by atoms with Crippen LogP contribution >= 0.6 is 0 Å². The number of nitrogens with one attached hydrogen (secondary N) is 1. The van der Waals surface area contributed by atoms with Gasteiger partial charge in [-0.15, -0.1) is 5.10 Å². The van der Waals surface area contributed by atoms with E-state index in [1.165, 1.54) is 12.1 Å². The first-order valence-electron chi connectivity index (χ1n) is 12.2. The molecule has 0 aliphatic carbocycles. The Bertz CT molecular complexity index is 1590. The van der Waals surface area contributed by atoms with E-state index < -0.39 is 11.6 Å². The number of tetrazole rings is 1. The van der Waals surface area contributed by atoms with Gasteiger partial charge in [-0.05, 0) is 85.3 Å². The Kier molecular flexibility index (Phi) is 6.81. The maximum atomic E-state index is 13.7. The average molecular weight is 517 g/mol. The molecule has 1 atom stereocenters. The van der Waals surface area contributed by atoms with E-state index in [9.17, 15) is 9.18 Å². The van der Waals surface area contributed by atoms with Crippen molar-refractivity contribution < 1.29 is 13.5 Å². The van der Waals surface area contributed by atoms with Crippen molar-refractivity contribution in [2.24, 2.45) is 0 Å². The largest absolute Gasteiger partial charge is 0.497 e. The molecule has 9 nitrogen and oxygen atoms in total. The molecule has 0 aliphatic rings. The lowest BCUT2D eigenvalue weighted by Crippen LogP contribution is -2.37. The standard InChI is InChI=1S/C28H29FN6O3/c1-28(2,3)35-26(31-32-33-35)25(23-15-19-14-21(37-4)11-12-24(19)30-27(23)36)34(17-22-6-5-13-38-22)16-18-7-9-20(29)10-8-18/h5-15,25H,16-17H2,1-4H3,(H,30,36). The van der Waals surface area contributed by atoms with E-state index in [2.05, 4.69) is 25.4 Å². The van der Waals surface area contributed by atoms with Crippen LogP contribution in [0, 0.1) is 5.82 Å². The third-order valence-corrected chi connectivity index (χ3v) is 6.35. The van der Waals surface area contributed by atoms with Crippen LogP contribution in [0.2, 0.25) is 0 Å². The van der Waals surface area contributed by atoms with Gasteiger partial charge in [0.2, 0.25) is 0 Å². The van der Waals surface area contributed by atoms with Crippen LogP contribution in [-0.2, 0) is 18.6 Å². The molecule has 0 saturated carbocycles. The first kappa shape index (κ1) is 25.3. The zero-order valence-corrected chi connectivity index (χ0v) is 21.7. The average Bonchev–Trinajstić information content (AvgIpc) is 3.58. The number of ether oxygens (including phenoxy) is 1. The van der Waals surface area contributed by atoms with Gasteiger partial charge in [-0.3, -0.25) is 9.69 Å². The number of fused-ring (bicyclic) bond motifs is 1. The number of nitrogens with zero attached hydrogens (tertiary/aromatic N) is 5. The summed E-state index contributed by atoms with van der Waals surface area (Å²) in [5.74, 6) is 1.55. The number of hydrogen-bond donors (Lipinski definition) is 1. The highest BCUT2D eigenvalue weighted by atomic mass is 19.1. The molecule has 0 amide bonds. The predicted molar refractivity (Wildman–Crippen MR) is 140 cm³/mol. The number of methoxy groups -OCH3 is 1. The zero-order valence-electron chi connectivity index (χ0n) is 21.7. The van der Waals surface area contributed by atoms with Crippen LogP contribution in [0.15, 0.2) is 76.1 Å². The summed E-state index contributed by atoms with van der Waals surface area (Å²) in [6.45, 7) is 6.71. The molecule has 0 radical (unpaired) electrons. The molecule has 5 rings (SSSR count). The maximum Gasteiger partial charge on any atom is 0.253 e. The van der Waals surface area contributed by atoms with Crippen molar-refractivity contribution in [3.63, 3.8) is 0 Å². The molecule has 0 fully saturated rings. The second kappa shape index (κ2) is 10.2. The molecule has 3 aromatic heterocycles. The van der Waals surface area contributed by atoms with Crippen LogP contribution < -0.4 is 10.3 Å². The van der Waals surface area contributed by atoms with Crippen molar-refractivity contribution >= 4 is 10.9 Å². The minimum absolute atomic E-state index is 0.264. The highest BCUT2D eigenvalue weighted by Crippen LogP contribution is 2.32. The van der Waals surface area contributed by atoms with Crippen molar-refractivity contribution in [3.05, 3.63) is 106 Å². The minimum Gasteiger partial charge on any atom is -0.497 e. The lowest BCUT2D eigenvalue weighted by atomic mass is 10.0. The van der Waals surface area contributed by atoms with Gasteiger partial charge in [-0.2, -0.15) is 0 Å². The number of pyridine rings is 1. The molecule has 0 bridgehead atoms. The van der Waals surface area contributed by atoms with Gasteiger partial charge in [0.05, 0.1) is 25.5 Å². The van der Waals surface area contributed by atoms with E-state index >= 15 is 0 Å². The monoisotopic (exact) mass is 516 g/mol. The summed E-state index contributed by atoms with van der Waals surface area (Å²) in [5, 5.41) is 13.5. The summed E-state index contributed by atoms with van der Waals surface area (Å²) < 4.78 is 26.5. The van der Waals surface area contributed by atoms with E-state index in [0.29, 0.717) is 41.5 Å². The quantitative estimate of drug-likeness (QED) is 0.316. The summed E-state index contributed by atoms with van der Waals surface area (Å²) in [6.07, 6.45) is 1.61. The molecule has 0 aliphatic heterocycles. The molecular formula is C28H29FN6O3. The van der Waals surface area contributed by atoms with Gasteiger partial charge in [0, 0.05) is 23.0 Å². The van der Waals surface area contributed by atoms with Gasteiger partial charge >= 0.3 is 0 Å². The second-order valence-corrected chi connectivity index (χ2v) is 10.1. The number of rotatable bonds is 8. The topological polar surface area (TPSA) is 102 Å². The van der Waals surface area contributed by atoms with Crippen LogP contribution in [0.1, 0.15) is 49.5 Å². The molecular weight excluding hydrogens is 487 g/mol. The van der Waals surface area contributed by atoms with Crippen molar-refractivity contribution in [1.29, 1.82) is 0 Å². The highest BCUT2D eigenvalue weighted by Gasteiger charge is 2.34. The Morgan fingerprint density at radius 3 is 2.58 bits per heavy atom. The van der Waals surface area contributed by atoms with Crippen LogP contribution in [-0.4, -0.2) is 37.2 Å². The number of aromatic amines is 1. The fraction of sp³-hybridized carbons (Fsp3) is 0.286. The van der Waals surface area contributed by atoms with Crippen LogP contribution in [0.4, 0.5) is 4.39 Å². The number of furan rings is 1. The Morgan fingerprint density at radius 1 is 1.11 bits per heavy atom. The van der Waals surface area contributed by atoms with E-state index in [-0.39, 0.29) is 11.4 Å². The predicted octanol–water partition coefficient (Wildman–Crippen LogP) is 4.80. The molecule has 10 heteroatoms. The van der Waals surface area contributed by atoms with Crippen LogP contribution in [0.3, 0.4) is 0 Å². The summed E-state index contributed by atoms with van der Waals surface area (Å²) >= 11 is 0. The SMILES string of the molecule is COc1ccc2[nH]c(=O)c(C(c3nnnn3C(C)(C)C)N(Cc3ccc(F)cc3)Cc3ccco3)cc2c1. The Morgan fingerprint density at radius 2 is 1.89 bits per heavy atom. The third-order valence-electron chi connectivity index (χ3n) is 6.35. The zero-order chi connectivity index (χ0) is 26.9. The molecule has 38 heavy (non-hydrogen) atoms. The van der Waals surface area contributed by atoms with Gasteiger partial charge < -0.3 is 14.1 Å². The number of H-pyrrole nitrogens is 1. The maximum absolute atomic E-state index is 13.7. The normalized spacial score (nSPS) is 12.8. The molecule has 1 unspecified atom stereocenters. The molecule has 196 valence electrons. The number of aromatic nitrogens is 5. The fourth-order valence-electron chi connectivity index (χ4n) is 4.54. The third kappa shape index (κ3) is 5.21. The van der Waals surface area contributed by atoms with Gasteiger partial charge in [0.15, 0.2) is 5.82 Å². The van der Waals surface area contributed by atoms with Crippen molar-refractivity contribution in [2.45, 2.75) is 45.4 Å². The minimum atomic E-state index is -0.668. The molecule has 1 N–H and O–H groups in total. The summed E-state index contributed by atoms with van der Waals surface area (Å²) in [5.41, 5.74) is 1.27. The molecule has 0 spiro atoms. The second-order valence-electron chi connectivity index (χ2n) is 10.1. The molecule has 2 aromatic carbocycles. The Hall–Kier alpha value is -4.31. The highest BCUT2D eigenvalue weighted by molar-refractivity contribution is 5.80. The van der Waals surface area contributed by atoms with Gasteiger partial charge in [0.1, 0.15) is 23.4 Å². The lowest BCUT2D eigenvalue weighted by Gasteiger charge is -2.32. The van der Waals surface area contributed by atoms with Crippen molar-refractivity contribution in [3.8, 4) is 5.75 Å². The van der Waals surface area contributed by atoms with E-state index in [1.54, 1.807) is 36.3 Å². The smallest absolute Gasteiger partial charge is 0.253 e. The number of halogens is 1. The fourth-order valence-corrected chi connectivity index (χ4v) is 4.54. The van der Waals surface area contributed by atoms with Gasteiger partial charge in [0.25, 0.3) is 5.56 Å². The van der Waals surface area contributed by atoms with Crippen LogP contribution in [0.25, 0.3) is 10.9 Å². The van der Waals surface area contributed by atoms with Crippen LogP contribution in [0.5, 0.6) is 5.75 Å². The number of benzene rings is 2. The molecule has 0 saturated heterocycles. The van der Waals surface area contributed by atoms with Gasteiger partial charge in [-0.1, -0.05) is 12.1 Å². The Labute approximate surface area is 218 Å². The van der Waals surface area contributed by atoms with E-state index in [1.807, 2.05) is 51.1 Å². The Balaban J connectivity index is 1.72. The lowest BCUT2D eigenvalue weighted by molar-refractivity contribution is 0.171. The first-order valence-corrected chi connectivity index (χ1v) is 12.2.